The molecule has 1 aliphatic rings. The van der Waals surface area contributed by atoms with Crippen molar-refractivity contribution in [1.29, 1.82) is 0 Å². The maximum Gasteiger partial charge on any atom is 0.319 e. The van der Waals surface area contributed by atoms with Crippen LogP contribution in [0, 0.1) is 5.82 Å². The van der Waals surface area contributed by atoms with Gasteiger partial charge >= 0.3 is 6.03 Å². The SMILES string of the molecule is CCN1CCN(c2ccc(F)cc2C(C)NC(=O)Nc2ccc(NC(=O)c3ccco3)cc2)CC1. The largest absolute Gasteiger partial charge is 0.459 e. The van der Waals surface area contributed by atoms with Crippen LogP contribution in [0.4, 0.5) is 26.2 Å². The summed E-state index contributed by atoms with van der Waals surface area (Å²) in [4.78, 5) is 29.3. The fourth-order valence-corrected chi connectivity index (χ4v) is 4.14. The Morgan fingerprint density at radius 1 is 1.00 bits per heavy atom. The van der Waals surface area contributed by atoms with E-state index in [1.165, 1.54) is 18.4 Å². The molecule has 0 aliphatic carbocycles. The highest BCUT2D eigenvalue weighted by molar-refractivity contribution is 6.02. The van der Waals surface area contributed by atoms with Gasteiger partial charge in [-0.2, -0.15) is 0 Å². The number of nitrogens with one attached hydrogen (secondary N) is 3. The number of hydrogen-bond acceptors (Lipinski definition) is 5. The van der Waals surface area contributed by atoms with Gasteiger partial charge in [-0.1, -0.05) is 6.92 Å². The molecular weight excluding hydrogens is 449 g/mol. The molecule has 3 aromatic rings. The third-order valence-corrected chi connectivity index (χ3v) is 6.11. The van der Waals surface area contributed by atoms with Gasteiger partial charge in [0.05, 0.1) is 12.3 Å². The Morgan fingerprint density at radius 2 is 1.69 bits per heavy atom. The molecule has 184 valence electrons. The first kappa shape index (κ1) is 24.3. The monoisotopic (exact) mass is 479 g/mol. The summed E-state index contributed by atoms with van der Waals surface area (Å²) in [5.41, 5.74) is 2.80. The van der Waals surface area contributed by atoms with Crippen molar-refractivity contribution in [3.8, 4) is 0 Å². The summed E-state index contributed by atoms with van der Waals surface area (Å²) in [6.45, 7) is 8.62. The average molecular weight is 480 g/mol. The molecule has 4 rings (SSSR count). The first-order valence-electron chi connectivity index (χ1n) is 11.7. The predicted molar refractivity (Wildman–Crippen MR) is 134 cm³/mol. The summed E-state index contributed by atoms with van der Waals surface area (Å²) in [6, 6.07) is 13.9. The smallest absolute Gasteiger partial charge is 0.319 e. The Balaban J connectivity index is 1.36. The van der Waals surface area contributed by atoms with Crippen molar-refractivity contribution in [3.05, 3.63) is 78.0 Å². The maximum absolute atomic E-state index is 14.1. The van der Waals surface area contributed by atoms with E-state index < -0.39 is 12.1 Å². The van der Waals surface area contributed by atoms with Crippen LogP contribution in [-0.4, -0.2) is 49.6 Å². The third-order valence-electron chi connectivity index (χ3n) is 6.11. The van der Waals surface area contributed by atoms with Crippen molar-refractivity contribution < 1.29 is 18.4 Å². The zero-order valence-corrected chi connectivity index (χ0v) is 19.9. The predicted octanol–water partition coefficient (Wildman–Crippen LogP) is 4.70. The number of carbonyl (C=O) groups excluding carboxylic acids is 2. The first-order chi connectivity index (χ1) is 16.9. The summed E-state index contributed by atoms with van der Waals surface area (Å²) in [6.07, 6.45) is 1.43. The van der Waals surface area contributed by atoms with E-state index in [1.807, 2.05) is 6.92 Å². The molecule has 3 amide bonds. The molecule has 1 aliphatic heterocycles. The number of amides is 3. The lowest BCUT2D eigenvalue weighted by Crippen LogP contribution is -2.46. The molecule has 1 saturated heterocycles. The van der Waals surface area contributed by atoms with E-state index in [2.05, 4.69) is 32.7 Å². The van der Waals surface area contributed by atoms with Crippen molar-refractivity contribution in [2.75, 3.05) is 48.3 Å². The van der Waals surface area contributed by atoms with E-state index in [4.69, 9.17) is 4.42 Å². The van der Waals surface area contributed by atoms with Gasteiger partial charge < -0.3 is 30.2 Å². The van der Waals surface area contributed by atoms with Gasteiger partial charge in [-0.3, -0.25) is 4.79 Å². The van der Waals surface area contributed by atoms with Gasteiger partial charge in [0.25, 0.3) is 5.91 Å². The average Bonchev–Trinajstić information content (AvgIpc) is 3.40. The fourth-order valence-electron chi connectivity index (χ4n) is 4.14. The minimum Gasteiger partial charge on any atom is -0.459 e. The lowest BCUT2D eigenvalue weighted by Gasteiger charge is -2.37. The third kappa shape index (κ3) is 6.19. The second-order valence-corrected chi connectivity index (χ2v) is 8.45. The standard InChI is InChI=1S/C26H30FN5O3/c1-3-31-12-14-32(15-13-31)23-11-6-19(27)17-22(23)18(2)28-26(34)30-21-9-7-20(8-10-21)29-25(33)24-5-4-16-35-24/h4-11,16-18H,3,12-15H2,1-2H3,(H,29,33)(H2,28,30,34). The topological polar surface area (TPSA) is 89.9 Å². The molecule has 2 heterocycles. The van der Waals surface area contributed by atoms with E-state index in [-0.39, 0.29) is 17.5 Å². The normalized spacial score (nSPS) is 14.9. The van der Waals surface area contributed by atoms with Crippen molar-refractivity contribution in [2.24, 2.45) is 0 Å². The molecule has 9 heteroatoms. The number of carbonyl (C=O) groups is 2. The van der Waals surface area contributed by atoms with E-state index in [9.17, 15) is 14.0 Å². The first-order valence-corrected chi connectivity index (χ1v) is 11.7. The van der Waals surface area contributed by atoms with Gasteiger partial charge in [0, 0.05) is 48.8 Å². The molecule has 1 atom stereocenters. The number of rotatable bonds is 7. The van der Waals surface area contributed by atoms with Gasteiger partial charge in [0.15, 0.2) is 5.76 Å². The number of piperazine rings is 1. The molecule has 1 unspecified atom stereocenters. The molecule has 0 radical (unpaired) electrons. The molecule has 1 aromatic heterocycles. The minimum absolute atomic E-state index is 0.213. The molecule has 2 aromatic carbocycles. The Hall–Kier alpha value is -3.85. The number of halogens is 1. The second kappa shape index (κ2) is 11.1. The zero-order chi connectivity index (χ0) is 24.8. The fraction of sp³-hybridized carbons (Fsp3) is 0.308. The van der Waals surface area contributed by atoms with Gasteiger partial charge in [-0.25, -0.2) is 9.18 Å². The summed E-state index contributed by atoms with van der Waals surface area (Å²) < 4.78 is 19.2. The molecule has 0 bridgehead atoms. The maximum atomic E-state index is 14.1. The van der Waals surface area contributed by atoms with E-state index in [1.54, 1.807) is 42.5 Å². The van der Waals surface area contributed by atoms with Crippen LogP contribution in [0.3, 0.4) is 0 Å². The number of nitrogens with zero attached hydrogens (tertiary/aromatic N) is 2. The Morgan fingerprint density at radius 3 is 2.31 bits per heavy atom. The zero-order valence-electron chi connectivity index (χ0n) is 19.9. The van der Waals surface area contributed by atoms with Crippen LogP contribution in [0.2, 0.25) is 0 Å². The van der Waals surface area contributed by atoms with Crippen molar-refractivity contribution >= 4 is 29.0 Å². The second-order valence-electron chi connectivity index (χ2n) is 8.45. The van der Waals surface area contributed by atoms with Crippen molar-refractivity contribution in [2.45, 2.75) is 19.9 Å². The van der Waals surface area contributed by atoms with Gasteiger partial charge in [-0.05, 0) is 68.1 Å². The summed E-state index contributed by atoms with van der Waals surface area (Å²) in [5.74, 6) is -0.481. The lowest BCUT2D eigenvalue weighted by atomic mass is 10.0. The quantitative estimate of drug-likeness (QED) is 0.457. The molecule has 35 heavy (non-hydrogen) atoms. The molecular formula is C26H30FN5O3. The van der Waals surface area contributed by atoms with E-state index in [0.717, 1.165) is 44.0 Å². The lowest BCUT2D eigenvalue weighted by molar-refractivity contribution is 0.0996. The molecule has 1 fully saturated rings. The Labute approximate surface area is 204 Å². The van der Waals surface area contributed by atoms with Crippen molar-refractivity contribution in [1.82, 2.24) is 10.2 Å². The van der Waals surface area contributed by atoms with Crippen molar-refractivity contribution in [3.63, 3.8) is 0 Å². The van der Waals surface area contributed by atoms with Crippen LogP contribution in [0.1, 0.15) is 36.0 Å². The Bertz CT molecular complexity index is 1140. The number of likely N-dealkylation sites (N-methyl/N-ethyl adjacent to an activating group) is 1. The van der Waals surface area contributed by atoms with Crippen LogP contribution in [0.25, 0.3) is 0 Å². The number of hydrogen-bond donors (Lipinski definition) is 3. The van der Waals surface area contributed by atoms with Crippen LogP contribution >= 0.6 is 0 Å². The van der Waals surface area contributed by atoms with Gasteiger partial charge in [0.2, 0.25) is 0 Å². The highest BCUT2D eigenvalue weighted by Gasteiger charge is 2.22. The summed E-state index contributed by atoms with van der Waals surface area (Å²) in [7, 11) is 0. The van der Waals surface area contributed by atoms with E-state index >= 15 is 0 Å². The molecule has 3 N–H and O–H groups in total. The highest BCUT2D eigenvalue weighted by atomic mass is 19.1. The summed E-state index contributed by atoms with van der Waals surface area (Å²) in [5, 5.41) is 8.41. The van der Waals surface area contributed by atoms with Gasteiger partial charge in [-0.15, -0.1) is 0 Å². The van der Waals surface area contributed by atoms with Gasteiger partial charge in [0.1, 0.15) is 5.82 Å². The van der Waals surface area contributed by atoms with Crippen LogP contribution in [0.15, 0.2) is 65.3 Å². The van der Waals surface area contributed by atoms with Crippen LogP contribution < -0.4 is 20.9 Å². The molecule has 0 spiro atoms. The number of benzene rings is 2. The number of anilines is 3. The minimum atomic E-state index is -0.407. The molecule has 0 saturated carbocycles. The summed E-state index contributed by atoms with van der Waals surface area (Å²) >= 11 is 0. The highest BCUT2D eigenvalue weighted by Crippen LogP contribution is 2.28. The Kier molecular flexibility index (Phi) is 7.67. The van der Waals surface area contributed by atoms with Crippen LogP contribution in [0.5, 0.6) is 0 Å². The van der Waals surface area contributed by atoms with Crippen LogP contribution in [-0.2, 0) is 0 Å². The van der Waals surface area contributed by atoms with E-state index in [0.29, 0.717) is 11.4 Å². The number of urea groups is 1. The number of furan rings is 1. The molecule has 8 nitrogen and oxygen atoms in total.